The zero-order chi connectivity index (χ0) is 11.4. The van der Waals surface area contributed by atoms with Crippen LogP contribution >= 0.6 is 0 Å². The van der Waals surface area contributed by atoms with E-state index < -0.39 is 11.6 Å². The molecule has 1 fully saturated rings. The second-order valence-electron chi connectivity index (χ2n) is 3.95. The van der Waals surface area contributed by atoms with Gasteiger partial charge in [-0.1, -0.05) is 0 Å². The van der Waals surface area contributed by atoms with Gasteiger partial charge in [0, 0.05) is 19.2 Å². The molecule has 16 heavy (non-hydrogen) atoms. The summed E-state index contributed by atoms with van der Waals surface area (Å²) in [4.78, 5) is 3.66. The summed E-state index contributed by atoms with van der Waals surface area (Å²) in [6.45, 7) is 2.10. The highest BCUT2D eigenvalue weighted by atomic mass is 19.1. The number of nitrogens with zero attached hydrogens (tertiary/aromatic N) is 1. The SMILES string of the molecule is Fc1cnc(NCC2CCCOC2)c(F)c1. The van der Waals surface area contributed by atoms with Crippen LogP contribution in [0.1, 0.15) is 12.8 Å². The minimum Gasteiger partial charge on any atom is -0.381 e. The predicted molar refractivity (Wildman–Crippen MR) is 56.2 cm³/mol. The molecule has 0 spiro atoms. The molecule has 5 heteroatoms. The third-order valence-corrected chi connectivity index (χ3v) is 2.62. The molecule has 1 unspecified atom stereocenters. The number of nitrogens with one attached hydrogen (secondary N) is 1. The van der Waals surface area contributed by atoms with E-state index in [1.54, 1.807) is 0 Å². The van der Waals surface area contributed by atoms with Crippen molar-refractivity contribution in [3.63, 3.8) is 0 Å². The van der Waals surface area contributed by atoms with Crippen LogP contribution in [0.3, 0.4) is 0 Å². The molecular formula is C11H14F2N2O. The van der Waals surface area contributed by atoms with E-state index >= 15 is 0 Å². The molecule has 1 aliphatic heterocycles. The van der Waals surface area contributed by atoms with Gasteiger partial charge in [0.25, 0.3) is 0 Å². The normalized spacial score (nSPS) is 20.8. The van der Waals surface area contributed by atoms with Crippen LogP contribution in [0.4, 0.5) is 14.6 Å². The molecule has 0 aromatic carbocycles. The van der Waals surface area contributed by atoms with E-state index in [1.165, 1.54) is 0 Å². The van der Waals surface area contributed by atoms with Gasteiger partial charge in [0.05, 0.1) is 12.8 Å². The van der Waals surface area contributed by atoms with E-state index in [0.717, 1.165) is 31.7 Å². The highest BCUT2D eigenvalue weighted by Gasteiger charge is 2.14. The number of rotatable bonds is 3. The van der Waals surface area contributed by atoms with Crippen LogP contribution in [-0.2, 0) is 4.74 Å². The molecule has 1 aliphatic rings. The van der Waals surface area contributed by atoms with Gasteiger partial charge >= 0.3 is 0 Å². The molecule has 1 aromatic heterocycles. The maximum atomic E-state index is 13.2. The molecule has 1 aromatic rings. The van der Waals surface area contributed by atoms with E-state index in [9.17, 15) is 8.78 Å². The van der Waals surface area contributed by atoms with Crippen molar-refractivity contribution >= 4 is 5.82 Å². The van der Waals surface area contributed by atoms with Crippen molar-refractivity contribution in [3.8, 4) is 0 Å². The Kier molecular flexibility index (Phi) is 3.66. The van der Waals surface area contributed by atoms with Gasteiger partial charge in [-0.15, -0.1) is 0 Å². The van der Waals surface area contributed by atoms with E-state index in [4.69, 9.17) is 4.74 Å². The van der Waals surface area contributed by atoms with Crippen LogP contribution in [0.2, 0.25) is 0 Å². The smallest absolute Gasteiger partial charge is 0.168 e. The Labute approximate surface area is 92.8 Å². The molecular weight excluding hydrogens is 214 g/mol. The number of hydrogen-bond acceptors (Lipinski definition) is 3. The maximum Gasteiger partial charge on any atom is 0.168 e. The lowest BCUT2D eigenvalue weighted by Crippen LogP contribution is -2.24. The highest BCUT2D eigenvalue weighted by Crippen LogP contribution is 2.16. The lowest BCUT2D eigenvalue weighted by atomic mass is 10.0. The lowest BCUT2D eigenvalue weighted by Gasteiger charge is -2.22. The average Bonchev–Trinajstić information content (AvgIpc) is 2.29. The fourth-order valence-corrected chi connectivity index (χ4v) is 1.75. The molecule has 0 aliphatic carbocycles. The van der Waals surface area contributed by atoms with Crippen molar-refractivity contribution in [2.24, 2.45) is 5.92 Å². The van der Waals surface area contributed by atoms with E-state index in [0.29, 0.717) is 19.1 Å². The number of hydrogen-bond donors (Lipinski definition) is 1. The largest absolute Gasteiger partial charge is 0.381 e. The Morgan fingerprint density at radius 2 is 2.38 bits per heavy atom. The number of pyridine rings is 1. The molecule has 1 atom stereocenters. The molecule has 0 bridgehead atoms. The standard InChI is InChI=1S/C11H14F2N2O/c12-9-4-10(13)11(15-6-9)14-5-8-2-1-3-16-7-8/h4,6,8H,1-3,5,7H2,(H,14,15). The summed E-state index contributed by atoms with van der Waals surface area (Å²) >= 11 is 0. The van der Waals surface area contributed by atoms with E-state index in [2.05, 4.69) is 10.3 Å². The van der Waals surface area contributed by atoms with Crippen LogP contribution in [0.5, 0.6) is 0 Å². The molecule has 1 N–H and O–H groups in total. The first-order valence-corrected chi connectivity index (χ1v) is 5.38. The molecule has 0 saturated carbocycles. The quantitative estimate of drug-likeness (QED) is 0.861. The molecule has 2 heterocycles. The van der Waals surface area contributed by atoms with Crippen molar-refractivity contribution in [2.75, 3.05) is 25.1 Å². The average molecular weight is 228 g/mol. The molecule has 1 saturated heterocycles. The van der Waals surface area contributed by atoms with Crippen molar-refractivity contribution in [2.45, 2.75) is 12.8 Å². The Hall–Kier alpha value is -1.23. The van der Waals surface area contributed by atoms with E-state index in [1.807, 2.05) is 0 Å². The number of ether oxygens (including phenoxy) is 1. The summed E-state index contributed by atoms with van der Waals surface area (Å²) in [7, 11) is 0. The Morgan fingerprint density at radius 1 is 1.50 bits per heavy atom. The third-order valence-electron chi connectivity index (χ3n) is 2.62. The van der Waals surface area contributed by atoms with Crippen LogP contribution in [-0.4, -0.2) is 24.7 Å². The van der Waals surface area contributed by atoms with Gasteiger partial charge in [0.15, 0.2) is 11.6 Å². The van der Waals surface area contributed by atoms with Crippen molar-refractivity contribution in [3.05, 3.63) is 23.9 Å². The minimum absolute atomic E-state index is 0.104. The summed E-state index contributed by atoms with van der Waals surface area (Å²) in [5.74, 6) is -0.840. The Balaban J connectivity index is 1.88. The van der Waals surface area contributed by atoms with Gasteiger partial charge in [0.2, 0.25) is 0 Å². The molecule has 0 amide bonds. The number of halogens is 2. The number of anilines is 1. The zero-order valence-corrected chi connectivity index (χ0v) is 8.88. The fourth-order valence-electron chi connectivity index (χ4n) is 1.75. The minimum atomic E-state index is -0.663. The van der Waals surface area contributed by atoms with Gasteiger partial charge in [-0.05, 0) is 18.8 Å². The maximum absolute atomic E-state index is 13.2. The Morgan fingerprint density at radius 3 is 3.06 bits per heavy atom. The molecule has 88 valence electrons. The number of aromatic nitrogens is 1. The molecule has 3 nitrogen and oxygen atoms in total. The zero-order valence-electron chi connectivity index (χ0n) is 8.88. The molecule has 0 radical (unpaired) electrons. The summed E-state index contributed by atoms with van der Waals surface area (Å²) < 4.78 is 31.1. The van der Waals surface area contributed by atoms with Crippen molar-refractivity contribution < 1.29 is 13.5 Å². The topological polar surface area (TPSA) is 34.2 Å². The van der Waals surface area contributed by atoms with Crippen molar-refractivity contribution in [1.29, 1.82) is 0 Å². The van der Waals surface area contributed by atoms with Crippen LogP contribution in [0, 0.1) is 17.6 Å². The second kappa shape index (κ2) is 5.21. The van der Waals surface area contributed by atoms with Crippen LogP contribution in [0.15, 0.2) is 12.3 Å². The van der Waals surface area contributed by atoms with Crippen molar-refractivity contribution in [1.82, 2.24) is 4.98 Å². The summed E-state index contributed by atoms with van der Waals surface area (Å²) in [6.07, 6.45) is 3.10. The monoisotopic (exact) mass is 228 g/mol. The summed E-state index contributed by atoms with van der Waals surface area (Å²) in [5.41, 5.74) is 0. The second-order valence-corrected chi connectivity index (χ2v) is 3.95. The summed E-state index contributed by atoms with van der Waals surface area (Å²) in [5, 5.41) is 2.88. The van der Waals surface area contributed by atoms with Crippen LogP contribution in [0.25, 0.3) is 0 Å². The third kappa shape index (κ3) is 2.88. The van der Waals surface area contributed by atoms with Crippen LogP contribution < -0.4 is 5.32 Å². The van der Waals surface area contributed by atoms with Gasteiger partial charge in [0.1, 0.15) is 5.82 Å². The van der Waals surface area contributed by atoms with Gasteiger partial charge in [-0.3, -0.25) is 0 Å². The lowest BCUT2D eigenvalue weighted by molar-refractivity contribution is 0.0594. The first kappa shape index (κ1) is 11.3. The summed E-state index contributed by atoms with van der Waals surface area (Å²) in [6, 6.07) is 0.826. The van der Waals surface area contributed by atoms with Gasteiger partial charge < -0.3 is 10.1 Å². The Bertz CT molecular complexity index is 354. The fraction of sp³-hybridized carbons (Fsp3) is 0.545. The van der Waals surface area contributed by atoms with E-state index in [-0.39, 0.29) is 5.82 Å². The van der Waals surface area contributed by atoms with Gasteiger partial charge in [-0.25, -0.2) is 13.8 Å². The molecule has 2 rings (SSSR count). The first-order valence-electron chi connectivity index (χ1n) is 5.38. The van der Waals surface area contributed by atoms with Gasteiger partial charge in [-0.2, -0.15) is 0 Å². The highest BCUT2D eigenvalue weighted by molar-refractivity contribution is 5.35. The predicted octanol–water partition coefficient (Wildman–Crippen LogP) is 2.20. The first-order chi connectivity index (χ1) is 7.75.